The van der Waals surface area contributed by atoms with Gasteiger partial charge in [-0.05, 0) is 42.2 Å². The molecule has 2 heterocycles. The maximum absolute atomic E-state index is 12.7. The molecule has 0 spiro atoms. The number of nitrogens with one attached hydrogen (secondary N) is 2. The van der Waals surface area contributed by atoms with Crippen molar-refractivity contribution in [3.63, 3.8) is 0 Å². The third-order valence-corrected chi connectivity index (χ3v) is 5.66. The highest BCUT2D eigenvalue weighted by molar-refractivity contribution is 9.10. The van der Waals surface area contributed by atoms with Gasteiger partial charge in [-0.25, -0.2) is 0 Å². The van der Waals surface area contributed by atoms with Gasteiger partial charge in [0, 0.05) is 44.8 Å². The van der Waals surface area contributed by atoms with Gasteiger partial charge < -0.3 is 10.3 Å². The fourth-order valence-electron chi connectivity index (χ4n) is 3.94. The molecule has 0 radical (unpaired) electrons. The van der Waals surface area contributed by atoms with Crippen molar-refractivity contribution in [3.05, 3.63) is 64.3 Å². The molecule has 3 aromatic rings. The quantitative estimate of drug-likeness (QED) is 0.705. The van der Waals surface area contributed by atoms with Crippen molar-refractivity contribution in [2.45, 2.75) is 12.5 Å². The van der Waals surface area contributed by atoms with Gasteiger partial charge >= 0.3 is 0 Å². The van der Waals surface area contributed by atoms with Crippen LogP contribution in [0, 0.1) is 11.8 Å². The molecule has 1 aliphatic carbocycles. The molecule has 1 saturated carbocycles. The Bertz CT molecular complexity index is 945. The van der Waals surface area contributed by atoms with E-state index in [0.717, 1.165) is 27.7 Å². The Morgan fingerprint density at radius 1 is 1.13 bits per heavy atom. The number of carbonyl (C=O) groups excluding carboxylic acids is 1. The predicted molar refractivity (Wildman–Crippen MR) is 94.9 cm³/mol. The number of hydrogen-bond donors (Lipinski definition) is 2. The number of aromatic amines is 1. The number of rotatable bonds is 2. The minimum Gasteiger partial charge on any atom is -0.381 e. The summed E-state index contributed by atoms with van der Waals surface area (Å²) in [5, 5.41) is 4.82. The van der Waals surface area contributed by atoms with Crippen LogP contribution in [-0.2, 0) is 6.42 Å². The molecule has 3 unspecified atom stereocenters. The van der Waals surface area contributed by atoms with Gasteiger partial charge in [0.25, 0.3) is 0 Å². The first-order chi connectivity index (χ1) is 11.2. The third-order valence-electron chi connectivity index (χ3n) is 5.17. The molecule has 1 fully saturated rings. The van der Waals surface area contributed by atoms with E-state index in [1.54, 1.807) is 0 Å². The van der Waals surface area contributed by atoms with Gasteiger partial charge in [-0.1, -0.05) is 34.1 Å². The van der Waals surface area contributed by atoms with E-state index < -0.39 is 0 Å². The summed E-state index contributed by atoms with van der Waals surface area (Å²) in [5.41, 5.74) is 4.26. The van der Waals surface area contributed by atoms with Crippen LogP contribution in [0.25, 0.3) is 10.9 Å². The normalized spacial score (nSPS) is 24.9. The molecule has 1 aromatic heterocycles. The minimum atomic E-state index is 0.116. The van der Waals surface area contributed by atoms with E-state index in [2.05, 4.69) is 50.6 Å². The van der Waals surface area contributed by atoms with Crippen LogP contribution in [-0.4, -0.2) is 16.8 Å². The monoisotopic (exact) mass is 366 g/mol. The molecular formula is C19H15BrN2O. The van der Waals surface area contributed by atoms with Gasteiger partial charge in [-0.15, -0.1) is 0 Å². The van der Waals surface area contributed by atoms with E-state index in [0.29, 0.717) is 5.92 Å². The molecule has 3 atom stereocenters. The van der Waals surface area contributed by atoms with E-state index >= 15 is 0 Å². The average Bonchev–Trinajstić information content (AvgIpc) is 3.08. The number of ketones is 1. The second-order valence-corrected chi connectivity index (χ2v) is 7.39. The van der Waals surface area contributed by atoms with Gasteiger partial charge in [0.05, 0.1) is 0 Å². The van der Waals surface area contributed by atoms with Gasteiger partial charge in [0.2, 0.25) is 0 Å². The van der Waals surface area contributed by atoms with Crippen LogP contribution in [0.5, 0.6) is 0 Å². The summed E-state index contributed by atoms with van der Waals surface area (Å²) in [4.78, 5) is 16.1. The molecule has 0 amide bonds. The summed E-state index contributed by atoms with van der Waals surface area (Å²) < 4.78 is 0.957. The summed E-state index contributed by atoms with van der Waals surface area (Å²) in [6, 6.07) is 14.5. The Morgan fingerprint density at radius 2 is 2.00 bits per heavy atom. The summed E-state index contributed by atoms with van der Waals surface area (Å²) in [6.07, 6.45) is 3.02. The molecule has 4 heteroatoms. The Hall–Kier alpha value is -2.07. The molecule has 3 nitrogen and oxygen atoms in total. The fourth-order valence-corrected chi connectivity index (χ4v) is 4.30. The van der Waals surface area contributed by atoms with Crippen molar-refractivity contribution in [1.82, 2.24) is 4.98 Å². The molecule has 5 rings (SSSR count). The molecule has 2 N–H and O–H groups in total. The van der Waals surface area contributed by atoms with Crippen molar-refractivity contribution < 1.29 is 4.79 Å². The fraction of sp³-hybridized carbons (Fsp3) is 0.211. The Balaban J connectivity index is 1.45. The lowest BCUT2D eigenvalue weighted by molar-refractivity contribution is 0.0958. The third kappa shape index (κ3) is 1.98. The van der Waals surface area contributed by atoms with E-state index in [4.69, 9.17) is 0 Å². The Kier molecular flexibility index (Phi) is 2.74. The zero-order valence-corrected chi connectivity index (χ0v) is 13.9. The van der Waals surface area contributed by atoms with Gasteiger partial charge in [-0.3, -0.25) is 4.79 Å². The number of Topliss-reactive ketones (excluding diaryl/α,β-unsaturated/α-hetero) is 1. The summed E-state index contributed by atoms with van der Waals surface area (Å²) in [5.74, 6) is 0.785. The zero-order valence-electron chi connectivity index (χ0n) is 12.3. The number of anilines is 1. The Labute approximate surface area is 142 Å². The molecule has 1 aliphatic heterocycles. The topological polar surface area (TPSA) is 44.9 Å². The van der Waals surface area contributed by atoms with Crippen LogP contribution in [0.2, 0.25) is 0 Å². The number of hydrogen-bond acceptors (Lipinski definition) is 2. The lowest BCUT2D eigenvalue weighted by Crippen LogP contribution is -2.19. The van der Waals surface area contributed by atoms with Crippen LogP contribution >= 0.6 is 15.9 Å². The maximum atomic E-state index is 12.7. The molecule has 2 aliphatic rings. The first kappa shape index (κ1) is 13.4. The van der Waals surface area contributed by atoms with Crippen molar-refractivity contribution >= 4 is 38.3 Å². The Morgan fingerprint density at radius 3 is 2.91 bits per heavy atom. The van der Waals surface area contributed by atoms with Crippen molar-refractivity contribution in [2.24, 2.45) is 11.8 Å². The zero-order chi connectivity index (χ0) is 15.6. The highest BCUT2D eigenvalue weighted by atomic mass is 79.9. The first-order valence-corrected chi connectivity index (χ1v) is 8.67. The summed E-state index contributed by atoms with van der Waals surface area (Å²) in [6.45, 7) is 0. The van der Waals surface area contributed by atoms with Crippen molar-refractivity contribution in [1.29, 1.82) is 0 Å². The first-order valence-electron chi connectivity index (χ1n) is 7.87. The molecule has 114 valence electrons. The van der Waals surface area contributed by atoms with Crippen molar-refractivity contribution in [2.75, 3.05) is 5.32 Å². The van der Waals surface area contributed by atoms with Crippen LogP contribution in [0.3, 0.4) is 0 Å². The van der Waals surface area contributed by atoms with Gasteiger partial charge in [0.15, 0.2) is 5.78 Å². The van der Waals surface area contributed by atoms with Crippen LogP contribution in [0.1, 0.15) is 15.9 Å². The smallest absolute Gasteiger partial charge is 0.170 e. The molecule has 23 heavy (non-hydrogen) atoms. The predicted octanol–water partition coefficient (Wildman–Crippen LogP) is 4.40. The molecule has 0 bridgehead atoms. The van der Waals surface area contributed by atoms with Crippen LogP contribution in [0.4, 0.5) is 5.69 Å². The average molecular weight is 367 g/mol. The second kappa shape index (κ2) is 4.71. The van der Waals surface area contributed by atoms with E-state index in [-0.39, 0.29) is 17.7 Å². The van der Waals surface area contributed by atoms with Gasteiger partial charge in [0.1, 0.15) is 0 Å². The highest BCUT2D eigenvalue weighted by Gasteiger charge is 2.57. The second-order valence-electron chi connectivity index (χ2n) is 6.48. The van der Waals surface area contributed by atoms with Crippen LogP contribution in [0.15, 0.2) is 53.1 Å². The molecule has 2 aromatic carbocycles. The number of H-pyrrole nitrogens is 1. The number of aromatic nitrogens is 1. The minimum absolute atomic E-state index is 0.116. The number of fused-ring (bicyclic) bond motifs is 3. The number of benzene rings is 2. The number of para-hydroxylation sites is 1. The number of halogens is 1. The summed E-state index contributed by atoms with van der Waals surface area (Å²) in [7, 11) is 0. The van der Waals surface area contributed by atoms with Gasteiger partial charge in [-0.2, -0.15) is 0 Å². The summed E-state index contributed by atoms with van der Waals surface area (Å²) >= 11 is 3.46. The van der Waals surface area contributed by atoms with Crippen LogP contribution < -0.4 is 5.32 Å². The SMILES string of the molecule is O=C1c2cc(Br)ccc2NC2C(Cc3c[nH]c4ccccc34)C12. The lowest BCUT2D eigenvalue weighted by Gasteiger charge is -2.16. The molecule has 0 saturated heterocycles. The standard InChI is InChI=1S/C19H15BrN2O/c20-11-5-6-16-13(8-11)19(23)17-14(18(17)22-16)7-10-9-21-15-4-2-1-3-12(10)15/h1-6,8-9,14,17-18,21-22H,7H2. The maximum Gasteiger partial charge on any atom is 0.170 e. The van der Waals surface area contributed by atoms with E-state index in [9.17, 15) is 4.79 Å². The van der Waals surface area contributed by atoms with E-state index in [1.165, 1.54) is 10.9 Å². The lowest BCUT2D eigenvalue weighted by atomic mass is 10.00. The largest absolute Gasteiger partial charge is 0.381 e. The number of carbonyl (C=O) groups is 1. The highest BCUT2D eigenvalue weighted by Crippen LogP contribution is 2.50. The van der Waals surface area contributed by atoms with E-state index in [1.807, 2.05) is 24.3 Å². The molecular weight excluding hydrogens is 352 g/mol. The van der Waals surface area contributed by atoms with Crippen molar-refractivity contribution in [3.8, 4) is 0 Å².